The molecule has 0 aromatic carbocycles. The fourth-order valence-electron chi connectivity index (χ4n) is 3.98. The van der Waals surface area contributed by atoms with E-state index in [9.17, 15) is 9.90 Å². The summed E-state index contributed by atoms with van der Waals surface area (Å²) in [5.41, 5.74) is -0.837. The molecule has 2 aliphatic heterocycles. The zero-order valence-electron chi connectivity index (χ0n) is 17.2. The van der Waals surface area contributed by atoms with Gasteiger partial charge in [0, 0.05) is 37.4 Å². The molecule has 1 aromatic heterocycles. The highest BCUT2D eigenvalue weighted by atomic mass is 32.2. The molecule has 3 N–H and O–H groups in total. The lowest BCUT2D eigenvalue weighted by molar-refractivity contribution is -0.205. The Bertz CT molecular complexity index is 679. The number of carbonyl (C=O) groups excluding carboxylic acids is 1. The van der Waals surface area contributed by atoms with Crippen molar-refractivity contribution in [1.82, 2.24) is 15.2 Å². The zero-order chi connectivity index (χ0) is 21.5. The maximum absolute atomic E-state index is 12.6. The number of likely N-dealkylation sites (tertiary alicyclic amines) is 1. The highest BCUT2D eigenvalue weighted by Gasteiger charge is 2.53. The molecule has 1 spiro atoms. The van der Waals surface area contributed by atoms with Crippen LogP contribution in [-0.4, -0.2) is 88.0 Å². The molecule has 2 aliphatic rings. The van der Waals surface area contributed by atoms with Crippen LogP contribution in [0.5, 0.6) is 0 Å². The van der Waals surface area contributed by atoms with E-state index < -0.39 is 17.2 Å². The fourth-order valence-corrected chi connectivity index (χ4v) is 5.01. The van der Waals surface area contributed by atoms with Gasteiger partial charge >= 0.3 is 0 Å². The first-order valence-corrected chi connectivity index (χ1v) is 11.9. The number of hydrogen-bond acceptors (Lipinski definition) is 8. The summed E-state index contributed by atoms with van der Waals surface area (Å²) >= 11 is 3.31. The summed E-state index contributed by atoms with van der Waals surface area (Å²) in [6.45, 7) is 7.03. The lowest BCUT2D eigenvalue weighted by atomic mass is 9.73. The molecule has 3 rings (SSSR count). The summed E-state index contributed by atoms with van der Waals surface area (Å²) < 4.78 is 6.11. The van der Waals surface area contributed by atoms with Crippen molar-refractivity contribution in [2.75, 3.05) is 38.2 Å². The van der Waals surface area contributed by atoms with E-state index in [1.807, 2.05) is 25.6 Å². The molecule has 29 heavy (non-hydrogen) atoms. The van der Waals surface area contributed by atoms with Gasteiger partial charge in [-0.1, -0.05) is 0 Å². The molecule has 0 aliphatic carbocycles. The van der Waals surface area contributed by atoms with Gasteiger partial charge in [0.15, 0.2) is 0 Å². The van der Waals surface area contributed by atoms with Gasteiger partial charge in [0.05, 0.1) is 16.1 Å². The van der Waals surface area contributed by atoms with Crippen molar-refractivity contribution in [2.24, 2.45) is 0 Å². The predicted octanol–water partition coefficient (Wildman–Crippen LogP) is 1.62. The largest absolute Gasteiger partial charge is 0.483 e. The number of ether oxygens (including phenoxy) is 1. The number of thioether (sulfide) groups is 1. The first-order valence-electron chi connectivity index (χ1n) is 9.66. The third-order valence-electron chi connectivity index (χ3n) is 5.68. The minimum absolute atomic E-state index is 0.217. The van der Waals surface area contributed by atoms with E-state index in [-0.39, 0.29) is 12.4 Å². The molecule has 10 heteroatoms. The van der Waals surface area contributed by atoms with Crippen molar-refractivity contribution in [3.05, 3.63) is 16.1 Å². The summed E-state index contributed by atoms with van der Waals surface area (Å²) in [7, 11) is 0. The van der Waals surface area contributed by atoms with Crippen LogP contribution in [0.4, 0.5) is 0 Å². The Balaban J connectivity index is 0.000000941. The molecule has 2 saturated heterocycles. The van der Waals surface area contributed by atoms with Gasteiger partial charge in [0.2, 0.25) is 0 Å². The van der Waals surface area contributed by atoms with E-state index in [0.29, 0.717) is 18.7 Å². The van der Waals surface area contributed by atoms with Crippen molar-refractivity contribution in [3.8, 4) is 0 Å². The Morgan fingerprint density at radius 3 is 2.69 bits per heavy atom. The van der Waals surface area contributed by atoms with Crippen molar-refractivity contribution >= 4 is 35.5 Å². The number of aryl methyl sites for hydroxylation is 1. The Labute approximate surface area is 180 Å². The number of carboxylic acid groups (broad SMARTS) is 1. The number of amides is 1. The standard InChI is InChI=1S/C18H29N3O3S2.CH2O2/c1-13-19-14(12-26-13)15(22)20-17(2)6-10-24-18(16(17)23)4-7-21(8-5-18)9-11-25-3;2-1-3/h12,16,23H,4-11H2,1-3H3,(H,20,22);1H,(H,2,3)/t16-,17+;/m1./s1. The number of aliphatic hydroxyl groups excluding tert-OH is 1. The Morgan fingerprint density at radius 1 is 1.48 bits per heavy atom. The van der Waals surface area contributed by atoms with Crippen LogP contribution in [0.1, 0.15) is 41.7 Å². The number of piperidine rings is 1. The van der Waals surface area contributed by atoms with Crippen LogP contribution >= 0.6 is 23.1 Å². The molecule has 1 amide bonds. The zero-order valence-corrected chi connectivity index (χ0v) is 18.9. The molecular formula is C19H31N3O5S2. The monoisotopic (exact) mass is 445 g/mol. The van der Waals surface area contributed by atoms with Gasteiger partial charge in [0.1, 0.15) is 11.8 Å². The van der Waals surface area contributed by atoms with Crippen molar-refractivity contribution in [2.45, 2.75) is 50.4 Å². The molecule has 8 nitrogen and oxygen atoms in total. The second-order valence-electron chi connectivity index (χ2n) is 7.63. The Hall–Kier alpha value is -1.20. The van der Waals surface area contributed by atoms with Gasteiger partial charge in [-0.3, -0.25) is 9.59 Å². The van der Waals surface area contributed by atoms with Gasteiger partial charge in [0.25, 0.3) is 12.4 Å². The third-order valence-corrected chi connectivity index (χ3v) is 7.04. The Kier molecular flexibility index (Phi) is 8.90. The lowest BCUT2D eigenvalue weighted by Crippen LogP contribution is -2.69. The number of aromatic nitrogens is 1. The second-order valence-corrected chi connectivity index (χ2v) is 9.68. The Morgan fingerprint density at radius 2 is 2.14 bits per heavy atom. The van der Waals surface area contributed by atoms with Crippen LogP contribution in [0.2, 0.25) is 0 Å². The van der Waals surface area contributed by atoms with Gasteiger partial charge in [-0.2, -0.15) is 11.8 Å². The lowest BCUT2D eigenvalue weighted by Gasteiger charge is -2.53. The van der Waals surface area contributed by atoms with Crippen LogP contribution in [0.25, 0.3) is 0 Å². The van der Waals surface area contributed by atoms with E-state index >= 15 is 0 Å². The molecule has 1 aromatic rings. The van der Waals surface area contributed by atoms with Crippen molar-refractivity contribution in [1.29, 1.82) is 0 Å². The number of hydrogen-bond donors (Lipinski definition) is 3. The topological polar surface area (TPSA) is 112 Å². The quantitative estimate of drug-likeness (QED) is 0.586. The SMILES string of the molecule is CSCCN1CCC2(CC1)OCC[C@](C)(NC(=O)c1csc(C)n1)[C@H]2O.O=CO. The van der Waals surface area contributed by atoms with Crippen molar-refractivity contribution < 1.29 is 24.5 Å². The van der Waals surface area contributed by atoms with Crippen LogP contribution in [0.3, 0.4) is 0 Å². The first-order chi connectivity index (χ1) is 13.8. The predicted molar refractivity (Wildman–Crippen MR) is 115 cm³/mol. The number of thiazole rings is 1. The van der Waals surface area contributed by atoms with Gasteiger partial charge in [-0.05, 0) is 39.4 Å². The van der Waals surface area contributed by atoms with Crippen LogP contribution < -0.4 is 5.32 Å². The fraction of sp³-hybridized carbons (Fsp3) is 0.737. The highest BCUT2D eigenvalue weighted by molar-refractivity contribution is 7.98. The number of carbonyl (C=O) groups is 2. The second kappa shape index (κ2) is 10.7. The molecule has 2 fully saturated rings. The number of rotatable bonds is 5. The first kappa shape index (κ1) is 24.1. The average molecular weight is 446 g/mol. The highest BCUT2D eigenvalue weighted by Crippen LogP contribution is 2.40. The maximum atomic E-state index is 12.6. The molecule has 2 atom stereocenters. The summed E-state index contributed by atoms with van der Waals surface area (Å²) in [4.78, 5) is 27.6. The average Bonchev–Trinajstić information content (AvgIpc) is 3.13. The summed E-state index contributed by atoms with van der Waals surface area (Å²) in [6, 6.07) is 0. The number of aliphatic hydroxyl groups is 1. The molecule has 0 radical (unpaired) electrons. The maximum Gasteiger partial charge on any atom is 0.290 e. The van der Waals surface area contributed by atoms with E-state index in [2.05, 4.69) is 21.5 Å². The smallest absolute Gasteiger partial charge is 0.290 e. The molecule has 164 valence electrons. The summed E-state index contributed by atoms with van der Waals surface area (Å²) in [5.74, 6) is 0.905. The molecule has 0 bridgehead atoms. The van der Waals surface area contributed by atoms with Gasteiger partial charge < -0.3 is 25.2 Å². The van der Waals surface area contributed by atoms with Gasteiger partial charge in [-0.15, -0.1) is 11.3 Å². The minimum Gasteiger partial charge on any atom is -0.483 e. The molecule has 0 saturated carbocycles. The third kappa shape index (κ3) is 5.91. The van der Waals surface area contributed by atoms with E-state index in [4.69, 9.17) is 14.6 Å². The minimum atomic E-state index is -0.727. The number of nitrogens with zero attached hydrogens (tertiary/aromatic N) is 2. The van der Waals surface area contributed by atoms with E-state index in [1.54, 1.807) is 5.38 Å². The molecule has 0 unspecified atom stereocenters. The molecular weight excluding hydrogens is 414 g/mol. The van der Waals surface area contributed by atoms with Gasteiger partial charge in [-0.25, -0.2) is 4.98 Å². The summed E-state index contributed by atoms with van der Waals surface area (Å²) in [6.07, 6.45) is 3.58. The van der Waals surface area contributed by atoms with Crippen LogP contribution in [0.15, 0.2) is 5.38 Å². The summed E-state index contributed by atoms with van der Waals surface area (Å²) in [5, 5.41) is 23.8. The van der Waals surface area contributed by atoms with Crippen LogP contribution in [-0.2, 0) is 9.53 Å². The van der Waals surface area contributed by atoms with Crippen molar-refractivity contribution in [3.63, 3.8) is 0 Å². The number of nitrogens with one attached hydrogen (secondary N) is 1. The normalized spacial score (nSPS) is 26.4. The van der Waals surface area contributed by atoms with Crippen LogP contribution in [0, 0.1) is 6.92 Å². The molecule has 3 heterocycles. The van der Waals surface area contributed by atoms with E-state index in [1.165, 1.54) is 11.3 Å². The van der Waals surface area contributed by atoms with E-state index in [0.717, 1.165) is 43.2 Å².